The highest BCUT2D eigenvalue weighted by Crippen LogP contribution is 2.24. The van der Waals surface area contributed by atoms with E-state index < -0.39 is 33.6 Å². The maximum atomic E-state index is 13.5. The van der Waals surface area contributed by atoms with Crippen molar-refractivity contribution >= 4 is 49.9 Å². The van der Waals surface area contributed by atoms with Crippen LogP contribution < -0.4 is 9.62 Å². The summed E-state index contributed by atoms with van der Waals surface area (Å²) in [7, 11) is -3.91. The third kappa shape index (κ3) is 4.88. The van der Waals surface area contributed by atoms with Gasteiger partial charge in [-0.05, 0) is 65.9 Å². The first-order chi connectivity index (χ1) is 11.6. The molecule has 1 N–H and O–H groups in total. The molecule has 2 rings (SSSR count). The zero-order chi connectivity index (χ0) is 18.8. The maximum Gasteiger partial charge on any atom is 0.247 e. The van der Waals surface area contributed by atoms with Gasteiger partial charge in [0.05, 0.1) is 11.9 Å². The summed E-state index contributed by atoms with van der Waals surface area (Å²) in [4.78, 5) is 12.4. The van der Waals surface area contributed by atoms with E-state index in [2.05, 4.69) is 27.9 Å². The Balaban J connectivity index is 2.32. The fourth-order valence-electron chi connectivity index (χ4n) is 2.21. The van der Waals surface area contributed by atoms with Crippen molar-refractivity contribution in [3.05, 3.63) is 57.7 Å². The minimum absolute atomic E-state index is 0.133. The van der Waals surface area contributed by atoms with Crippen molar-refractivity contribution in [3.8, 4) is 0 Å². The first kappa shape index (κ1) is 19.6. The van der Waals surface area contributed by atoms with Crippen LogP contribution in [0.25, 0.3) is 0 Å². The van der Waals surface area contributed by atoms with Gasteiger partial charge < -0.3 is 5.32 Å². The Bertz CT molecular complexity index is 889. The number of rotatable bonds is 5. The summed E-state index contributed by atoms with van der Waals surface area (Å²) in [5.41, 5.74) is 0.364. The van der Waals surface area contributed by atoms with Gasteiger partial charge in [-0.15, -0.1) is 0 Å². The van der Waals surface area contributed by atoms with Gasteiger partial charge in [0, 0.05) is 15.3 Å². The van der Waals surface area contributed by atoms with Gasteiger partial charge in [0.15, 0.2) is 11.6 Å². The van der Waals surface area contributed by atoms with Crippen molar-refractivity contribution in [2.24, 2.45) is 0 Å². The first-order valence-corrected chi connectivity index (χ1v) is 10.0. The molecule has 2 aromatic rings. The molecule has 0 aliphatic heterocycles. The molecule has 0 aromatic heterocycles. The van der Waals surface area contributed by atoms with Gasteiger partial charge in [-0.25, -0.2) is 17.2 Å². The topological polar surface area (TPSA) is 66.5 Å². The molecule has 0 unspecified atom stereocenters. The van der Waals surface area contributed by atoms with Crippen molar-refractivity contribution in [3.63, 3.8) is 0 Å². The summed E-state index contributed by atoms with van der Waals surface area (Å²) in [5, 5.41) is 2.60. The van der Waals surface area contributed by atoms with E-state index in [1.807, 2.05) is 0 Å². The molecule has 5 nitrogen and oxygen atoms in total. The molecule has 1 amide bonds. The molecule has 25 heavy (non-hydrogen) atoms. The van der Waals surface area contributed by atoms with Crippen LogP contribution >= 0.6 is 22.6 Å². The Morgan fingerprint density at radius 1 is 1.12 bits per heavy atom. The Kier molecular flexibility index (Phi) is 5.99. The minimum atomic E-state index is -3.91. The number of benzene rings is 2. The van der Waals surface area contributed by atoms with Crippen LogP contribution in [-0.4, -0.2) is 26.6 Å². The van der Waals surface area contributed by atoms with E-state index in [4.69, 9.17) is 0 Å². The molecule has 0 bridgehead atoms. The number of halogens is 3. The maximum absolute atomic E-state index is 13.5. The summed E-state index contributed by atoms with van der Waals surface area (Å²) in [6.07, 6.45) is 0.892. The monoisotopic (exact) mass is 480 g/mol. The Hall–Kier alpha value is -1.75. The van der Waals surface area contributed by atoms with E-state index in [0.717, 1.165) is 32.3 Å². The van der Waals surface area contributed by atoms with Crippen LogP contribution in [0, 0.1) is 15.2 Å². The van der Waals surface area contributed by atoms with Crippen molar-refractivity contribution in [1.82, 2.24) is 0 Å². The summed E-state index contributed by atoms with van der Waals surface area (Å²) in [5.74, 6) is -2.90. The Morgan fingerprint density at radius 3 is 2.24 bits per heavy atom. The van der Waals surface area contributed by atoms with Gasteiger partial charge >= 0.3 is 0 Å². The Morgan fingerprint density at radius 2 is 1.72 bits per heavy atom. The lowest BCUT2D eigenvalue weighted by Crippen LogP contribution is -2.45. The second-order valence-corrected chi connectivity index (χ2v) is 8.43. The van der Waals surface area contributed by atoms with Crippen LogP contribution in [0.4, 0.5) is 20.2 Å². The molecule has 134 valence electrons. The van der Waals surface area contributed by atoms with Gasteiger partial charge in [-0.2, -0.15) is 0 Å². The average Bonchev–Trinajstić information content (AvgIpc) is 2.51. The lowest BCUT2D eigenvalue weighted by molar-refractivity contribution is -0.116. The fourth-order valence-corrected chi connectivity index (χ4v) is 3.74. The van der Waals surface area contributed by atoms with Gasteiger partial charge in [-0.3, -0.25) is 9.10 Å². The van der Waals surface area contributed by atoms with Crippen LogP contribution in [0.2, 0.25) is 0 Å². The van der Waals surface area contributed by atoms with Crippen molar-refractivity contribution in [1.29, 1.82) is 0 Å². The number of nitrogens with one attached hydrogen (secondary N) is 1. The summed E-state index contributed by atoms with van der Waals surface area (Å²) >= 11 is 2.11. The number of hydrogen-bond donors (Lipinski definition) is 1. The smallest absolute Gasteiger partial charge is 0.247 e. The number of carbonyl (C=O) groups is 1. The highest BCUT2D eigenvalue weighted by Gasteiger charge is 2.29. The van der Waals surface area contributed by atoms with Gasteiger partial charge in [0.2, 0.25) is 15.9 Å². The van der Waals surface area contributed by atoms with Gasteiger partial charge in [0.1, 0.15) is 6.04 Å². The lowest BCUT2D eigenvalue weighted by atomic mass is 10.2. The van der Waals surface area contributed by atoms with E-state index >= 15 is 0 Å². The third-order valence-corrected chi connectivity index (χ3v) is 5.32. The van der Waals surface area contributed by atoms with Crippen LogP contribution in [0.3, 0.4) is 0 Å². The molecule has 0 spiro atoms. The number of sulfonamides is 1. The SMILES string of the molecule is C[C@@H](C(=O)Nc1ccc(I)cc1)N(c1ccc(F)c(F)c1)S(C)(=O)=O. The molecule has 0 radical (unpaired) electrons. The minimum Gasteiger partial charge on any atom is -0.324 e. The predicted molar refractivity (Wildman–Crippen MR) is 101 cm³/mol. The third-order valence-electron chi connectivity index (χ3n) is 3.36. The van der Waals surface area contributed by atoms with Crippen LogP contribution in [-0.2, 0) is 14.8 Å². The molecular formula is C16H15F2IN2O3S. The molecular weight excluding hydrogens is 465 g/mol. The molecule has 1 atom stereocenters. The number of nitrogens with zero attached hydrogens (tertiary/aromatic N) is 1. The Labute approximate surface area is 158 Å². The van der Waals surface area contributed by atoms with Crippen molar-refractivity contribution in [2.45, 2.75) is 13.0 Å². The second kappa shape index (κ2) is 7.65. The van der Waals surface area contributed by atoms with E-state index in [1.54, 1.807) is 24.3 Å². The highest BCUT2D eigenvalue weighted by molar-refractivity contribution is 14.1. The zero-order valence-corrected chi connectivity index (χ0v) is 16.3. The lowest BCUT2D eigenvalue weighted by Gasteiger charge is -2.28. The second-order valence-electron chi connectivity index (χ2n) is 5.33. The molecule has 2 aromatic carbocycles. The quantitative estimate of drug-likeness (QED) is 0.668. The normalized spacial score (nSPS) is 12.5. The summed E-state index contributed by atoms with van der Waals surface area (Å²) < 4.78 is 52.5. The predicted octanol–water partition coefficient (Wildman–Crippen LogP) is 3.36. The van der Waals surface area contributed by atoms with Crippen LogP contribution in [0.5, 0.6) is 0 Å². The largest absolute Gasteiger partial charge is 0.324 e. The summed E-state index contributed by atoms with van der Waals surface area (Å²) in [6, 6.07) is 8.41. The zero-order valence-electron chi connectivity index (χ0n) is 13.3. The number of carbonyl (C=O) groups excluding carboxylic acids is 1. The van der Waals surface area contributed by atoms with E-state index in [1.165, 1.54) is 6.92 Å². The van der Waals surface area contributed by atoms with Crippen LogP contribution in [0.15, 0.2) is 42.5 Å². The number of hydrogen-bond acceptors (Lipinski definition) is 3. The molecule has 0 heterocycles. The molecule has 0 aliphatic carbocycles. The van der Waals surface area contributed by atoms with Crippen molar-refractivity contribution in [2.75, 3.05) is 15.9 Å². The summed E-state index contributed by atoms with van der Waals surface area (Å²) in [6.45, 7) is 1.37. The first-order valence-electron chi connectivity index (χ1n) is 7.10. The highest BCUT2D eigenvalue weighted by atomic mass is 127. The van der Waals surface area contributed by atoms with Gasteiger partial charge in [0.25, 0.3) is 0 Å². The van der Waals surface area contributed by atoms with Gasteiger partial charge in [-0.1, -0.05) is 0 Å². The molecule has 0 aliphatic rings. The van der Waals surface area contributed by atoms with Crippen LogP contribution in [0.1, 0.15) is 6.92 Å². The molecule has 9 heteroatoms. The van der Waals surface area contributed by atoms with E-state index in [9.17, 15) is 22.0 Å². The molecule has 0 saturated carbocycles. The molecule has 0 fully saturated rings. The van der Waals surface area contributed by atoms with Crippen molar-refractivity contribution < 1.29 is 22.0 Å². The van der Waals surface area contributed by atoms with E-state index in [-0.39, 0.29) is 5.69 Å². The fraction of sp³-hybridized carbons (Fsp3) is 0.188. The average molecular weight is 480 g/mol. The molecule has 0 saturated heterocycles. The number of anilines is 2. The van der Waals surface area contributed by atoms with E-state index in [0.29, 0.717) is 5.69 Å². The standard InChI is InChI=1S/C16H15F2IN2O3S/c1-10(16(22)20-12-5-3-11(19)4-6-12)21(25(2,23)24)13-7-8-14(17)15(18)9-13/h3-10H,1-2H3,(H,20,22)/t10-/m0/s1. The number of amides is 1.